The molecule has 5 heteroatoms. The minimum atomic E-state index is -0.587. The molecule has 0 fully saturated rings. The van der Waals surface area contributed by atoms with Gasteiger partial charge in [0.15, 0.2) is 0 Å². The molecule has 5 nitrogen and oxygen atoms in total. The highest BCUT2D eigenvalue weighted by Crippen LogP contribution is 1.94. The molecule has 0 aromatic carbocycles. The number of nitrogens with two attached hydrogens (primary N) is 2. The summed E-state index contributed by atoms with van der Waals surface area (Å²) in [5, 5.41) is 0. The Bertz CT molecular complexity index is 208. The normalized spacial score (nSPS) is 12.9. The van der Waals surface area contributed by atoms with Crippen molar-refractivity contribution in [1.82, 2.24) is 0 Å². The molecule has 0 aromatic rings. The summed E-state index contributed by atoms with van der Waals surface area (Å²) in [7, 11) is 2.70. The molecule has 0 aliphatic carbocycles. The van der Waals surface area contributed by atoms with Crippen molar-refractivity contribution in [3.8, 4) is 0 Å². The number of carbonyl (C=O) groups is 1. The molecule has 0 saturated heterocycles. The molecule has 62 valence electrons. The molecule has 0 aromatic heterocycles. The van der Waals surface area contributed by atoms with Gasteiger partial charge in [0, 0.05) is 13.2 Å². The third-order valence-electron chi connectivity index (χ3n) is 1.09. The predicted molar refractivity (Wildman–Crippen MR) is 41.8 cm³/mol. The fourth-order valence-corrected chi connectivity index (χ4v) is 0.488. The fraction of sp³-hybridized carbons (Fsp3) is 0.333. The van der Waals surface area contributed by atoms with Gasteiger partial charge in [0.2, 0.25) is 0 Å². The zero-order chi connectivity index (χ0) is 8.85. The van der Waals surface area contributed by atoms with Crippen molar-refractivity contribution in [2.45, 2.75) is 0 Å². The lowest BCUT2D eigenvalue weighted by Crippen LogP contribution is -2.23. The average molecular weight is 157 g/mol. The van der Waals surface area contributed by atoms with E-state index in [2.05, 4.69) is 9.73 Å². The summed E-state index contributed by atoms with van der Waals surface area (Å²) >= 11 is 0. The van der Waals surface area contributed by atoms with Gasteiger partial charge in [0.25, 0.3) is 0 Å². The van der Waals surface area contributed by atoms with E-state index in [1.54, 1.807) is 0 Å². The van der Waals surface area contributed by atoms with Gasteiger partial charge >= 0.3 is 5.97 Å². The molecule has 0 heterocycles. The van der Waals surface area contributed by atoms with E-state index in [1.807, 2.05) is 0 Å². The molecule has 0 rings (SSSR count). The third kappa shape index (κ3) is 2.29. The number of methoxy groups -OCH3 is 1. The van der Waals surface area contributed by atoms with Crippen molar-refractivity contribution in [2.24, 2.45) is 16.5 Å². The molecule has 0 bridgehead atoms. The standard InChI is InChI=1S/C6H11N3O2/c1-9-5(8)4(3-7)6(10)11-2/h3H,7H2,1-2H3,(H2,8,9). The van der Waals surface area contributed by atoms with Gasteiger partial charge in [-0.05, 0) is 0 Å². The summed E-state index contributed by atoms with van der Waals surface area (Å²) in [5.41, 5.74) is 10.5. The van der Waals surface area contributed by atoms with Gasteiger partial charge in [-0.3, -0.25) is 4.99 Å². The van der Waals surface area contributed by atoms with Crippen molar-refractivity contribution >= 4 is 11.8 Å². The summed E-state index contributed by atoms with van der Waals surface area (Å²) in [6.07, 6.45) is 1.06. The molecule has 0 radical (unpaired) electrons. The van der Waals surface area contributed by atoms with Crippen LogP contribution in [0.2, 0.25) is 0 Å². The molecule has 0 saturated carbocycles. The van der Waals surface area contributed by atoms with Crippen LogP contribution in [0.5, 0.6) is 0 Å². The van der Waals surface area contributed by atoms with Crippen LogP contribution in [0, 0.1) is 0 Å². The monoisotopic (exact) mass is 157 g/mol. The van der Waals surface area contributed by atoms with E-state index in [4.69, 9.17) is 11.5 Å². The number of rotatable bonds is 2. The van der Waals surface area contributed by atoms with Gasteiger partial charge in [-0.15, -0.1) is 0 Å². The second-order valence-corrected chi connectivity index (χ2v) is 1.68. The van der Waals surface area contributed by atoms with Crippen molar-refractivity contribution in [1.29, 1.82) is 0 Å². The highest BCUT2D eigenvalue weighted by Gasteiger charge is 2.11. The number of amidine groups is 1. The smallest absolute Gasteiger partial charge is 0.343 e. The fourth-order valence-electron chi connectivity index (χ4n) is 0.488. The van der Waals surface area contributed by atoms with E-state index in [1.165, 1.54) is 14.2 Å². The number of esters is 1. The average Bonchev–Trinajstić information content (AvgIpc) is 2.05. The van der Waals surface area contributed by atoms with Crippen molar-refractivity contribution < 1.29 is 9.53 Å². The van der Waals surface area contributed by atoms with Crippen molar-refractivity contribution in [3.63, 3.8) is 0 Å². The van der Waals surface area contributed by atoms with Crippen molar-refractivity contribution in [3.05, 3.63) is 11.8 Å². The first kappa shape index (κ1) is 9.48. The summed E-state index contributed by atoms with van der Waals surface area (Å²) < 4.78 is 4.38. The first-order valence-electron chi connectivity index (χ1n) is 2.90. The number of hydrogen-bond donors (Lipinski definition) is 2. The Morgan fingerprint density at radius 1 is 1.64 bits per heavy atom. The first-order valence-corrected chi connectivity index (χ1v) is 2.90. The van der Waals surface area contributed by atoms with Gasteiger partial charge in [-0.25, -0.2) is 4.79 Å². The van der Waals surface area contributed by atoms with Crippen LogP contribution in [0.25, 0.3) is 0 Å². The van der Waals surface area contributed by atoms with Gasteiger partial charge in [-0.2, -0.15) is 0 Å². The van der Waals surface area contributed by atoms with Crippen LogP contribution >= 0.6 is 0 Å². The molecular formula is C6H11N3O2. The Morgan fingerprint density at radius 3 is 2.45 bits per heavy atom. The second kappa shape index (κ2) is 4.32. The largest absolute Gasteiger partial charge is 0.465 e. The Balaban J connectivity index is 4.57. The third-order valence-corrected chi connectivity index (χ3v) is 1.09. The lowest BCUT2D eigenvalue weighted by molar-refractivity contribution is -0.135. The summed E-state index contributed by atoms with van der Waals surface area (Å²) in [6, 6.07) is 0. The summed E-state index contributed by atoms with van der Waals surface area (Å²) in [6.45, 7) is 0. The minimum absolute atomic E-state index is 0.0688. The predicted octanol–water partition coefficient (Wildman–Crippen LogP) is -1.01. The van der Waals surface area contributed by atoms with E-state index >= 15 is 0 Å². The Morgan fingerprint density at radius 2 is 2.18 bits per heavy atom. The van der Waals surface area contributed by atoms with Gasteiger partial charge in [-0.1, -0.05) is 0 Å². The molecule has 0 atom stereocenters. The van der Waals surface area contributed by atoms with E-state index in [0.29, 0.717) is 0 Å². The van der Waals surface area contributed by atoms with Crippen LogP contribution in [0.3, 0.4) is 0 Å². The Labute approximate surface area is 64.7 Å². The topological polar surface area (TPSA) is 90.7 Å². The van der Waals surface area contributed by atoms with Crippen LogP contribution in [0.1, 0.15) is 0 Å². The van der Waals surface area contributed by atoms with Crippen LogP contribution in [0.4, 0.5) is 0 Å². The van der Waals surface area contributed by atoms with Gasteiger partial charge in [0.1, 0.15) is 11.4 Å². The SMILES string of the molecule is CN=C(N)C(=CN)C(=O)OC. The Hall–Kier alpha value is -1.52. The number of nitrogens with zero attached hydrogens (tertiary/aromatic N) is 1. The number of carbonyl (C=O) groups excluding carboxylic acids is 1. The molecule has 11 heavy (non-hydrogen) atoms. The van der Waals surface area contributed by atoms with E-state index < -0.39 is 5.97 Å². The quantitative estimate of drug-likeness (QED) is 0.232. The van der Waals surface area contributed by atoms with Gasteiger partial charge in [0.05, 0.1) is 7.11 Å². The molecule has 4 N–H and O–H groups in total. The lowest BCUT2D eigenvalue weighted by Gasteiger charge is -2.01. The second-order valence-electron chi connectivity index (χ2n) is 1.68. The molecule has 0 aliphatic rings. The van der Waals surface area contributed by atoms with Crippen molar-refractivity contribution in [2.75, 3.05) is 14.2 Å². The molecule has 0 spiro atoms. The number of hydrogen-bond acceptors (Lipinski definition) is 4. The van der Waals surface area contributed by atoms with Gasteiger partial charge < -0.3 is 16.2 Å². The lowest BCUT2D eigenvalue weighted by atomic mass is 10.3. The van der Waals surface area contributed by atoms with Crippen LogP contribution in [-0.4, -0.2) is 26.0 Å². The zero-order valence-corrected chi connectivity index (χ0v) is 6.50. The molecule has 0 aliphatic heterocycles. The summed E-state index contributed by atoms with van der Waals surface area (Å²) in [5.74, 6) is -0.519. The van der Waals surface area contributed by atoms with E-state index in [-0.39, 0.29) is 11.4 Å². The number of ether oxygens (including phenoxy) is 1. The highest BCUT2D eigenvalue weighted by molar-refractivity contribution is 6.17. The summed E-state index contributed by atoms with van der Waals surface area (Å²) in [4.78, 5) is 14.4. The number of aliphatic imine (C=N–C) groups is 1. The van der Waals surface area contributed by atoms with Crippen LogP contribution in [0.15, 0.2) is 16.8 Å². The van der Waals surface area contributed by atoms with E-state index in [0.717, 1.165) is 6.20 Å². The molecule has 0 amide bonds. The maximum absolute atomic E-state index is 10.8. The zero-order valence-electron chi connectivity index (χ0n) is 6.50. The minimum Gasteiger partial charge on any atom is -0.465 e. The van der Waals surface area contributed by atoms with Crippen LogP contribution < -0.4 is 11.5 Å². The van der Waals surface area contributed by atoms with E-state index in [9.17, 15) is 4.79 Å². The van der Waals surface area contributed by atoms with Crippen LogP contribution in [-0.2, 0) is 9.53 Å². The highest BCUT2D eigenvalue weighted by atomic mass is 16.5. The first-order chi connectivity index (χ1) is 5.17. The molecule has 0 unspecified atom stereocenters. The Kier molecular flexibility index (Phi) is 3.72. The maximum Gasteiger partial charge on any atom is 0.343 e. The maximum atomic E-state index is 10.8. The molecular weight excluding hydrogens is 146 g/mol.